The lowest BCUT2D eigenvalue weighted by molar-refractivity contribution is 1.04. The first-order chi connectivity index (χ1) is 9.83. The van der Waals surface area contributed by atoms with Gasteiger partial charge >= 0.3 is 0 Å². The van der Waals surface area contributed by atoms with Crippen molar-refractivity contribution in [3.05, 3.63) is 47.2 Å². The Labute approximate surface area is 128 Å². The molecule has 0 N–H and O–H groups in total. The van der Waals surface area contributed by atoms with Crippen LogP contribution in [0, 0.1) is 0 Å². The second-order valence-electron chi connectivity index (χ2n) is 4.47. The van der Waals surface area contributed by atoms with Gasteiger partial charge in [0.15, 0.2) is 9.30 Å². The summed E-state index contributed by atoms with van der Waals surface area (Å²) >= 11 is 5.13. The van der Waals surface area contributed by atoms with Gasteiger partial charge in [-0.15, -0.1) is 22.7 Å². The SMILES string of the molecule is CSc1nc2ccc(Cc3cnc4sccn34)cc2s1. The molecule has 0 amide bonds. The number of thiazole rings is 2. The lowest BCUT2D eigenvalue weighted by Crippen LogP contribution is -1.91. The van der Waals surface area contributed by atoms with Crippen molar-refractivity contribution in [1.29, 1.82) is 0 Å². The van der Waals surface area contributed by atoms with Crippen LogP contribution in [0.5, 0.6) is 0 Å². The summed E-state index contributed by atoms with van der Waals surface area (Å²) in [5.74, 6) is 0. The zero-order chi connectivity index (χ0) is 13.5. The Morgan fingerprint density at radius 1 is 1.35 bits per heavy atom. The molecular formula is C14H11N3S3. The Hall–Kier alpha value is -1.37. The van der Waals surface area contributed by atoms with Crippen molar-refractivity contribution in [2.24, 2.45) is 0 Å². The van der Waals surface area contributed by atoms with E-state index in [1.54, 1.807) is 34.4 Å². The van der Waals surface area contributed by atoms with Gasteiger partial charge in [-0.25, -0.2) is 9.97 Å². The molecular weight excluding hydrogens is 306 g/mol. The summed E-state index contributed by atoms with van der Waals surface area (Å²) in [6.45, 7) is 0. The Bertz CT molecular complexity index is 887. The molecule has 0 spiro atoms. The highest BCUT2D eigenvalue weighted by Gasteiger charge is 2.07. The predicted molar refractivity (Wildman–Crippen MR) is 87.3 cm³/mol. The van der Waals surface area contributed by atoms with Gasteiger partial charge < -0.3 is 0 Å². The van der Waals surface area contributed by atoms with Crippen molar-refractivity contribution in [2.45, 2.75) is 10.8 Å². The molecule has 4 aromatic rings. The molecule has 0 atom stereocenters. The molecule has 0 bridgehead atoms. The number of nitrogens with zero attached hydrogens (tertiary/aromatic N) is 3. The molecule has 100 valence electrons. The number of hydrogen-bond acceptors (Lipinski definition) is 5. The van der Waals surface area contributed by atoms with Gasteiger partial charge in [-0.1, -0.05) is 17.8 Å². The molecule has 0 fully saturated rings. The van der Waals surface area contributed by atoms with Crippen LogP contribution in [0.3, 0.4) is 0 Å². The molecule has 3 nitrogen and oxygen atoms in total. The topological polar surface area (TPSA) is 30.2 Å². The molecule has 0 aliphatic carbocycles. The molecule has 0 radical (unpaired) electrons. The Balaban J connectivity index is 1.73. The Morgan fingerprint density at radius 3 is 3.20 bits per heavy atom. The van der Waals surface area contributed by atoms with Crippen LogP contribution in [-0.4, -0.2) is 20.6 Å². The normalized spacial score (nSPS) is 11.7. The van der Waals surface area contributed by atoms with E-state index in [-0.39, 0.29) is 0 Å². The van der Waals surface area contributed by atoms with Crippen LogP contribution < -0.4 is 0 Å². The quantitative estimate of drug-likeness (QED) is 0.527. The zero-order valence-corrected chi connectivity index (χ0v) is 13.2. The second-order valence-corrected chi connectivity index (χ2v) is 7.42. The first kappa shape index (κ1) is 12.4. The van der Waals surface area contributed by atoms with Gasteiger partial charge in [0.05, 0.1) is 16.4 Å². The van der Waals surface area contributed by atoms with Crippen molar-refractivity contribution in [3.8, 4) is 0 Å². The van der Waals surface area contributed by atoms with E-state index in [2.05, 4.69) is 50.4 Å². The van der Waals surface area contributed by atoms with E-state index < -0.39 is 0 Å². The number of aromatic nitrogens is 3. The average molecular weight is 317 g/mol. The summed E-state index contributed by atoms with van der Waals surface area (Å²) < 4.78 is 4.55. The second kappa shape index (κ2) is 4.87. The standard InChI is InChI=1S/C14H11N3S3/c1-18-14-16-11-3-2-9(7-12(11)20-14)6-10-8-15-13-17(10)4-5-19-13/h2-5,7-8H,6H2,1H3. The molecule has 4 rings (SSSR count). The van der Waals surface area contributed by atoms with E-state index in [9.17, 15) is 0 Å². The molecule has 0 unspecified atom stereocenters. The van der Waals surface area contributed by atoms with Gasteiger partial charge in [0.1, 0.15) is 0 Å². The van der Waals surface area contributed by atoms with Crippen molar-refractivity contribution in [3.63, 3.8) is 0 Å². The van der Waals surface area contributed by atoms with E-state index in [0.29, 0.717) is 0 Å². The summed E-state index contributed by atoms with van der Waals surface area (Å²) in [6.07, 6.45) is 7.02. The number of rotatable bonds is 3. The number of thioether (sulfide) groups is 1. The summed E-state index contributed by atoms with van der Waals surface area (Å²) in [5.41, 5.74) is 3.63. The summed E-state index contributed by atoms with van der Waals surface area (Å²) in [4.78, 5) is 10.1. The highest BCUT2D eigenvalue weighted by atomic mass is 32.2. The van der Waals surface area contributed by atoms with E-state index in [1.165, 1.54) is 16.0 Å². The molecule has 0 saturated heterocycles. The molecule has 0 saturated carbocycles. The number of fused-ring (bicyclic) bond motifs is 2. The third-order valence-electron chi connectivity index (χ3n) is 3.22. The van der Waals surface area contributed by atoms with E-state index in [1.807, 2.05) is 6.20 Å². The van der Waals surface area contributed by atoms with Gasteiger partial charge in [-0.2, -0.15) is 0 Å². The van der Waals surface area contributed by atoms with Crippen LogP contribution in [0.15, 0.2) is 40.3 Å². The monoisotopic (exact) mass is 317 g/mol. The largest absolute Gasteiger partial charge is 0.294 e. The van der Waals surface area contributed by atoms with Gasteiger partial charge in [0.2, 0.25) is 0 Å². The predicted octanol–water partition coefficient (Wildman–Crippen LogP) is 4.32. The minimum atomic E-state index is 0.903. The Kier molecular flexibility index (Phi) is 3.02. The van der Waals surface area contributed by atoms with Crippen LogP contribution in [0.1, 0.15) is 11.3 Å². The minimum absolute atomic E-state index is 0.903. The zero-order valence-electron chi connectivity index (χ0n) is 10.7. The minimum Gasteiger partial charge on any atom is -0.294 e. The average Bonchev–Trinajstić information content (AvgIpc) is 3.14. The van der Waals surface area contributed by atoms with Crippen molar-refractivity contribution in [1.82, 2.24) is 14.4 Å². The van der Waals surface area contributed by atoms with Gasteiger partial charge in [0.25, 0.3) is 0 Å². The fraction of sp³-hybridized carbons (Fsp3) is 0.143. The maximum Gasteiger partial charge on any atom is 0.193 e. The van der Waals surface area contributed by atoms with E-state index in [0.717, 1.165) is 21.2 Å². The van der Waals surface area contributed by atoms with Gasteiger partial charge in [-0.05, 0) is 24.0 Å². The summed E-state index contributed by atoms with van der Waals surface area (Å²) in [5, 5.41) is 2.07. The fourth-order valence-corrected chi connectivity index (χ4v) is 4.52. The van der Waals surface area contributed by atoms with Crippen LogP contribution in [0.25, 0.3) is 15.2 Å². The molecule has 3 heterocycles. The molecule has 20 heavy (non-hydrogen) atoms. The van der Waals surface area contributed by atoms with Crippen LogP contribution in [0.4, 0.5) is 0 Å². The lowest BCUT2D eigenvalue weighted by atomic mass is 10.1. The Morgan fingerprint density at radius 2 is 2.30 bits per heavy atom. The van der Waals surface area contributed by atoms with Crippen LogP contribution in [-0.2, 0) is 6.42 Å². The maximum atomic E-state index is 4.58. The number of imidazole rings is 1. The van der Waals surface area contributed by atoms with Gasteiger partial charge in [-0.3, -0.25) is 4.40 Å². The van der Waals surface area contributed by atoms with E-state index in [4.69, 9.17) is 0 Å². The third-order valence-corrected chi connectivity index (χ3v) is 5.99. The molecule has 1 aromatic carbocycles. The highest BCUT2D eigenvalue weighted by Crippen LogP contribution is 2.29. The highest BCUT2D eigenvalue weighted by molar-refractivity contribution is 8.00. The molecule has 0 aliphatic heterocycles. The van der Waals surface area contributed by atoms with Crippen LogP contribution in [0.2, 0.25) is 0 Å². The molecule has 3 aromatic heterocycles. The van der Waals surface area contributed by atoms with Crippen molar-refractivity contribution in [2.75, 3.05) is 6.26 Å². The smallest absolute Gasteiger partial charge is 0.193 e. The number of benzene rings is 1. The third kappa shape index (κ3) is 2.04. The number of hydrogen-bond donors (Lipinski definition) is 0. The first-order valence-electron chi connectivity index (χ1n) is 6.16. The molecule has 0 aliphatic rings. The van der Waals surface area contributed by atoms with Crippen molar-refractivity contribution >= 4 is 49.6 Å². The fourth-order valence-electron chi connectivity index (χ4n) is 2.26. The van der Waals surface area contributed by atoms with Crippen molar-refractivity contribution < 1.29 is 0 Å². The van der Waals surface area contributed by atoms with E-state index >= 15 is 0 Å². The van der Waals surface area contributed by atoms with Crippen LogP contribution >= 0.6 is 34.4 Å². The first-order valence-corrected chi connectivity index (χ1v) is 9.08. The van der Waals surface area contributed by atoms with Gasteiger partial charge in [0, 0.05) is 23.7 Å². The summed E-state index contributed by atoms with van der Waals surface area (Å²) in [7, 11) is 0. The molecule has 6 heteroatoms. The lowest BCUT2D eigenvalue weighted by Gasteiger charge is -2.00. The summed E-state index contributed by atoms with van der Waals surface area (Å²) in [6, 6.07) is 6.53. The maximum absolute atomic E-state index is 4.58.